The number of aliphatic hydroxyl groups is 2. The summed E-state index contributed by atoms with van der Waals surface area (Å²) in [6.45, 7) is 1.00. The van der Waals surface area contributed by atoms with Gasteiger partial charge in [0.05, 0.1) is 18.0 Å². The molecular formula is C22H27FN2O6. The molecule has 0 bridgehead atoms. The third-order valence-corrected chi connectivity index (χ3v) is 6.47. The van der Waals surface area contributed by atoms with Crippen molar-refractivity contribution >= 4 is 22.6 Å². The van der Waals surface area contributed by atoms with E-state index in [4.69, 9.17) is 4.74 Å². The Bertz CT molecular complexity index is 1050. The molecule has 1 aliphatic heterocycles. The maximum atomic E-state index is 15.4. The molecule has 2 fully saturated rings. The highest BCUT2D eigenvalue weighted by atomic mass is 19.1. The monoisotopic (exact) mass is 434 g/mol. The summed E-state index contributed by atoms with van der Waals surface area (Å²) in [4.78, 5) is 26.2. The number of aromatic nitrogens is 1. The minimum absolute atomic E-state index is 0.0109. The number of carboxylic acid groups (broad SMARTS) is 1. The summed E-state index contributed by atoms with van der Waals surface area (Å²) in [7, 11) is 1.41. The number of carboxylic acids is 1. The number of methoxy groups -OCH3 is 1. The van der Waals surface area contributed by atoms with E-state index in [1.165, 1.54) is 13.3 Å². The van der Waals surface area contributed by atoms with Crippen molar-refractivity contribution < 1.29 is 29.2 Å². The van der Waals surface area contributed by atoms with Crippen molar-refractivity contribution in [3.05, 3.63) is 33.9 Å². The molecule has 31 heavy (non-hydrogen) atoms. The molecule has 4 rings (SSSR count). The lowest BCUT2D eigenvalue weighted by Crippen LogP contribution is -2.24. The van der Waals surface area contributed by atoms with Gasteiger partial charge in [-0.05, 0) is 43.6 Å². The molecule has 1 aromatic heterocycles. The predicted octanol–water partition coefficient (Wildman–Crippen LogP) is 2.00. The highest BCUT2D eigenvalue weighted by molar-refractivity contribution is 5.97. The van der Waals surface area contributed by atoms with Crippen molar-refractivity contribution in [3.63, 3.8) is 0 Å². The Kier molecular flexibility index (Phi) is 5.90. The van der Waals surface area contributed by atoms with Gasteiger partial charge in [0.25, 0.3) is 0 Å². The number of rotatable bonds is 8. The van der Waals surface area contributed by atoms with Crippen molar-refractivity contribution in [3.8, 4) is 5.75 Å². The third kappa shape index (κ3) is 3.76. The Morgan fingerprint density at radius 1 is 1.19 bits per heavy atom. The van der Waals surface area contributed by atoms with Gasteiger partial charge in [0.2, 0.25) is 5.43 Å². The fourth-order valence-electron chi connectivity index (χ4n) is 4.83. The fourth-order valence-corrected chi connectivity index (χ4v) is 4.83. The summed E-state index contributed by atoms with van der Waals surface area (Å²) in [6, 6.07) is 1.15. The number of hydrogen-bond acceptors (Lipinski definition) is 6. The van der Waals surface area contributed by atoms with Crippen LogP contribution in [0.1, 0.15) is 42.1 Å². The van der Waals surface area contributed by atoms with E-state index in [0.29, 0.717) is 31.4 Å². The second-order valence-electron chi connectivity index (χ2n) is 8.40. The largest absolute Gasteiger partial charge is 0.492 e. The molecule has 1 saturated heterocycles. The van der Waals surface area contributed by atoms with Crippen LogP contribution in [0.15, 0.2) is 17.1 Å². The van der Waals surface area contributed by atoms with Crippen molar-refractivity contribution in [2.75, 3.05) is 38.3 Å². The standard InChI is InChI=1S/C22H27FN2O6/c1-31-21-18-15(20(28)16(22(29)30)11-25(18)14-2-3-14)8-17(23)19(21)24-9-12(4-6-26)13(10-24)5-7-27/h8,11-14,26-27H,2-7,9-10H2,1H3,(H,29,30)/t12-,13?/m1/s1. The fraction of sp³-hybridized carbons (Fsp3) is 0.545. The van der Waals surface area contributed by atoms with E-state index >= 15 is 4.39 Å². The first-order chi connectivity index (χ1) is 14.9. The molecule has 1 aliphatic carbocycles. The summed E-state index contributed by atoms with van der Waals surface area (Å²) in [5.74, 6) is -1.60. The van der Waals surface area contributed by atoms with E-state index in [1.54, 1.807) is 4.57 Å². The number of ether oxygens (including phenoxy) is 1. The van der Waals surface area contributed by atoms with Crippen molar-refractivity contribution in [2.24, 2.45) is 11.8 Å². The average molecular weight is 434 g/mol. The van der Waals surface area contributed by atoms with Crippen LogP contribution >= 0.6 is 0 Å². The molecule has 0 spiro atoms. The molecule has 1 aromatic carbocycles. The summed E-state index contributed by atoms with van der Waals surface area (Å²) in [5, 5.41) is 28.2. The zero-order valence-electron chi connectivity index (χ0n) is 17.4. The van der Waals surface area contributed by atoms with Gasteiger partial charge >= 0.3 is 5.97 Å². The van der Waals surface area contributed by atoms with Crippen LogP contribution in [0.25, 0.3) is 10.9 Å². The van der Waals surface area contributed by atoms with E-state index in [9.17, 15) is 24.9 Å². The molecule has 3 N–H and O–H groups in total. The lowest BCUT2D eigenvalue weighted by Gasteiger charge is -2.25. The van der Waals surface area contributed by atoms with Gasteiger partial charge in [-0.2, -0.15) is 0 Å². The molecule has 9 heteroatoms. The highest BCUT2D eigenvalue weighted by Gasteiger charge is 2.36. The van der Waals surface area contributed by atoms with Crippen LogP contribution < -0.4 is 15.1 Å². The maximum absolute atomic E-state index is 15.4. The number of halogens is 1. The van der Waals surface area contributed by atoms with E-state index < -0.39 is 17.2 Å². The smallest absolute Gasteiger partial charge is 0.341 e. The van der Waals surface area contributed by atoms with Gasteiger partial charge in [0, 0.05) is 38.5 Å². The van der Waals surface area contributed by atoms with Crippen LogP contribution in [0.2, 0.25) is 0 Å². The summed E-state index contributed by atoms with van der Waals surface area (Å²) in [6.07, 6.45) is 4.12. The Labute approximate surface area is 178 Å². The van der Waals surface area contributed by atoms with Gasteiger partial charge in [-0.15, -0.1) is 0 Å². The predicted molar refractivity (Wildman–Crippen MR) is 113 cm³/mol. The number of aliphatic hydroxyl groups excluding tert-OH is 2. The Balaban J connectivity index is 1.90. The number of benzene rings is 1. The lowest BCUT2D eigenvalue weighted by atomic mass is 9.91. The number of anilines is 1. The molecule has 1 unspecified atom stereocenters. The normalized spacial score (nSPS) is 21.1. The molecule has 2 heterocycles. The lowest BCUT2D eigenvalue weighted by molar-refractivity contribution is 0.0694. The van der Waals surface area contributed by atoms with Crippen molar-refractivity contribution in [1.82, 2.24) is 4.57 Å². The quantitative estimate of drug-likeness (QED) is 0.583. The minimum atomic E-state index is -1.34. The average Bonchev–Trinajstić information content (AvgIpc) is 3.50. The van der Waals surface area contributed by atoms with Gasteiger partial charge in [-0.25, -0.2) is 9.18 Å². The number of fused-ring (bicyclic) bond motifs is 1. The van der Waals surface area contributed by atoms with E-state index in [2.05, 4.69) is 0 Å². The van der Waals surface area contributed by atoms with Gasteiger partial charge in [0.15, 0.2) is 11.6 Å². The highest BCUT2D eigenvalue weighted by Crippen LogP contribution is 2.45. The molecule has 2 aromatic rings. The summed E-state index contributed by atoms with van der Waals surface area (Å²) in [5.41, 5.74) is -0.488. The Morgan fingerprint density at radius 3 is 2.29 bits per heavy atom. The first kappa shape index (κ1) is 21.6. The van der Waals surface area contributed by atoms with Crippen molar-refractivity contribution in [2.45, 2.75) is 31.7 Å². The SMILES string of the molecule is COc1c(N2CC(CCO)[C@H](CCO)C2)c(F)cc2c(=O)c(C(=O)O)cn(C3CC3)c12. The zero-order valence-corrected chi connectivity index (χ0v) is 17.4. The first-order valence-corrected chi connectivity index (χ1v) is 10.6. The summed E-state index contributed by atoms with van der Waals surface area (Å²) < 4.78 is 22.7. The van der Waals surface area contributed by atoms with Crippen molar-refractivity contribution in [1.29, 1.82) is 0 Å². The van der Waals surface area contributed by atoms with Crippen LogP contribution in [0.4, 0.5) is 10.1 Å². The van der Waals surface area contributed by atoms with Crippen LogP contribution in [0.5, 0.6) is 5.75 Å². The molecule has 0 amide bonds. The number of pyridine rings is 1. The molecule has 2 atom stereocenters. The molecular weight excluding hydrogens is 407 g/mol. The Hall–Kier alpha value is -2.65. The van der Waals surface area contributed by atoms with E-state index in [1.807, 2.05) is 4.90 Å². The number of carbonyl (C=O) groups is 1. The van der Waals surface area contributed by atoms with E-state index in [0.717, 1.165) is 18.9 Å². The molecule has 168 valence electrons. The molecule has 2 aliphatic rings. The van der Waals surface area contributed by atoms with Crippen LogP contribution in [0.3, 0.4) is 0 Å². The number of aromatic carboxylic acids is 1. The zero-order chi connectivity index (χ0) is 22.3. The van der Waals surface area contributed by atoms with E-state index in [-0.39, 0.29) is 53.5 Å². The summed E-state index contributed by atoms with van der Waals surface area (Å²) >= 11 is 0. The van der Waals surface area contributed by atoms with Gasteiger partial charge in [-0.1, -0.05) is 0 Å². The number of hydrogen-bond donors (Lipinski definition) is 3. The second kappa shape index (κ2) is 8.47. The third-order valence-electron chi connectivity index (χ3n) is 6.47. The van der Waals surface area contributed by atoms with Gasteiger partial charge in [-0.3, -0.25) is 4.79 Å². The molecule has 0 radical (unpaired) electrons. The Morgan fingerprint density at radius 2 is 1.81 bits per heavy atom. The van der Waals surface area contributed by atoms with Gasteiger partial charge < -0.3 is 29.5 Å². The van der Waals surface area contributed by atoms with Gasteiger partial charge in [0.1, 0.15) is 11.3 Å². The maximum Gasteiger partial charge on any atom is 0.341 e. The second-order valence-corrected chi connectivity index (χ2v) is 8.40. The van der Waals surface area contributed by atoms with Crippen LogP contribution in [-0.4, -0.2) is 59.3 Å². The first-order valence-electron chi connectivity index (χ1n) is 10.6. The topological polar surface area (TPSA) is 112 Å². The molecule has 8 nitrogen and oxygen atoms in total. The molecule has 1 saturated carbocycles. The van der Waals surface area contributed by atoms with Crippen LogP contribution in [0, 0.1) is 17.7 Å². The van der Waals surface area contributed by atoms with Crippen LogP contribution in [-0.2, 0) is 0 Å². The minimum Gasteiger partial charge on any atom is -0.492 e. The number of nitrogens with zero attached hydrogens (tertiary/aromatic N) is 2.